The van der Waals surface area contributed by atoms with E-state index in [1.54, 1.807) is 53.1 Å². The van der Waals surface area contributed by atoms with Crippen molar-refractivity contribution in [3.8, 4) is 40.0 Å². The first-order valence-corrected chi connectivity index (χ1v) is 11.7. The zero-order valence-corrected chi connectivity index (χ0v) is 21.2. The number of carbonyl (C=O) groups is 1. The highest BCUT2D eigenvalue weighted by molar-refractivity contribution is 5.94. The van der Waals surface area contributed by atoms with Gasteiger partial charge in [0.1, 0.15) is 0 Å². The maximum absolute atomic E-state index is 13.3. The molecule has 0 radical (unpaired) electrons. The first-order valence-electron chi connectivity index (χ1n) is 11.7. The Morgan fingerprint density at radius 1 is 1.08 bits per heavy atom. The van der Waals surface area contributed by atoms with E-state index in [2.05, 4.69) is 21.4 Å². The fourth-order valence-corrected chi connectivity index (χ4v) is 4.36. The number of benzene rings is 2. The normalized spacial score (nSPS) is 11.4. The molecule has 0 unspecified atom stereocenters. The summed E-state index contributed by atoms with van der Waals surface area (Å²) in [5.74, 6) is -0.0762. The summed E-state index contributed by atoms with van der Waals surface area (Å²) < 4.78 is 9.87. The fourth-order valence-electron chi connectivity index (χ4n) is 4.36. The van der Waals surface area contributed by atoms with Crippen molar-refractivity contribution in [2.24, 2.45) is 12.8 Å². The van der Waals surface area contributed by atoms with E-state index in [0.717, 1.165) is 5.69 Å². The molecule has 0 aliphatic rings. The van der Waals surface area contributed by atoms with Crippen LogP contribution in [0.3, 0.4) is 0 Å². The van der Waals surface area contributed by atoms with Gasteiger partial charge in [-0.25, -0.2) is 14.2 Å². The number of nitriles is 1. The van der Waals surface area contributed by atoms with E-state index in [1.165, 1.54) is 4.68 Å². The molecule has 11 heteroatoms. The molecule has 0 spiro atoms. The quantitative estimate of drug-likeness (QED) is 0.389. The van der Waals surface area contributed by atoms with Gasteiger partial charge in [0, 0.05) is 30.6 Å². The van der Waals surface area contributed by atoms with Gasteiger partial charge in [-0.15, -0.1) is 5.10 Å². The molecular weight excluding hydrogens is 484 g/mol. The SMILES string of the molecule is Cn1ncc(-c2ccc3c(=O)n(C(C)(C)C)nc(OC(N)=O)c3c2)c1-c1cc(-n2cccn2)ccc1C#N. The van der Waals surface area contributed by atoms with Crippen LogP contribution in [0.1, 0.15) is 26.3 Å². The van der Waals surface area contributed by atoms with Crippen LogP contribution in [-0.2, 0) is 12.6 Å². The maximum Gasteiger partial charge on any atom is 0.411 e. The van der Waals surface area contributed by atoms with Crippen molar-refractivity contribution < 1.29 is 9.53 Å². The van der Waals surface area contributed by atoms with Gasteiger partial charge in [0.15, 0.2) is 0 Å². The lowest BCUT2D eigenvalue weighted by atomic mass is 9.96. The summed E-state index contributed by atoms with van der Waals surface area (Å²) in [5.41, 5.74) is 8.27. The number of aryl methyl sites for hydroxylation is 1. The monoisotopic (exact) mass is 508 g/mol. The number of nitrogens with zero attached hydrogens (tertiary/aromatic N) is 7. The number of hydrogen-bond acceptors (Lipinski definition) is 7. The molecule has 5 aromatic rings. The summed E-state index contributed by atoms with van der Waals surface area (Å²) >= 11 is 0. The van der Waals surface area contributed by atoms with E-state index in [9.17, 15) is 14.9 Å². The standard InChI is InChI=1S/C27H24N8O3/c1-27(2,3)35-25(36)19-9-7-16(12-21(19)24(32-35)38-26(29)37)22-15-31-33(4)23(22)20-13-18(8-6-17(20)14-28)34-11-5-10-30-34/h5-13,15H,1-4H3,(H2,29,37). The average Bonchev–Trinajstić information content (AvgIpc) is 3.54. The van der Waals surface area contributed by atoms with Crippen molar-refractivity contribution in [3.05, 3.63) is 77.0 Å². The number of hydrogen-bond donors (Lipinski definition) is 1. The second-order valence-corrected chi connectivity index (χ2v) is 9.70. The van der Waals surface area contributed by atoms with Gasteiger partial charge in [-0.1, -0.05) is 6.07 Å². The molecule has 3 aromatic heterocycles. The highest BCUT2D eigenvalue weighted by Gasteiger charge is 2.23. The Morgan fingerprint density at radius 3 is 2.53 bits per heavy atom. The Bertz CT molecular complexity index is 1800. The Morgan fingerprint density at radius 2 is 1.87 bits per heavy atom. The highest BCUT2D eigenvalue weighted by atomic mass is 16.6. The molecule has 2 N–H and O–H groups in total. The molecule has 0 bridgehead atoms. The summed E-state index contributed by atoms with van der Waals surface area (Å²) in [4.78, 5) is 24.9. The average molecular weight is 509 g/mol. The summed E-state index contributed by atoms with van der Waals surface area (Å²) in [6, 6.07) is 14.7. The van der Waals surface area contributed by atoms with Crippen LogP contribution in [0, 0.1) is 11.3 Å². The molecule has 0 fully saturated rings. The predicted octanol–water partition coefficient (Wildman–Crippen LogP) is 3.73. The van der Waals surface area contributed by atoms with Gasteiger partial charge in [0.05, 0.1) is 45.5 Å². The smallest absolute Gasteiger partial charge is 0.389 e. The maximum atomic E-state index is 13.3. The van der Waals surface area contributed by atoms with Crippen molar-refractivity contribution in [1.29, 1.82) is 5.26 Å². The lowest BCUT2D eigenvalue weighted by Crippen LogP contribution is -2.36. The number of primary amides is 1. The number of nitrogens with two attached hydrogens (primary N) is 1. The number of ether oxygens (including phenoxy) is 1. The third-order valence-corrected chi connectivity index (χ3v) is 6.09. The van der Waals surface area contributed by atoms with Crippen LogP contribution in [0.4, 0.5) is 4.79 Å². The lowest BCUT2D eigenvalue weighted by Gasteiger charge is -2.22. The molecule has 0 aliphatic heterocycles. The van der Waals surface area contributed by atoms with Crippen LogP contribution < -0.4 is 16.0 Å². The fraction of sp³-hybridized carbons (Fsp3) is 0.185. The summed E-state index contributed by atoms with van der Waals surface area (Å²) in [5, 5.41) is 23.6. The van der Waals surface area contributed by atoms with Gasteiger partial charge >= 0.3 is 6.09 Å². The third-order valence-electron chi connectivity index (χ3n) is 6.09. The molecule has 1 amide bonds. The molecule has 38 heavy (non-hydrogen) atoms. The van der Waals surface area contributed by atoms with E-state index < -0.39 is 11.6 Å². The van der Waals surface area contributed by atoms with Crippen LogP contribution in [0.5, 0.6) is 5.88 Å². The number of aromatic nitrogens is 6. The Kier molecular flexibility index (Phi) is 5.80. The van der Waals surface area contributed by atoms with E-state index in [0.29, 0.717) is 38.7 Å². The van der Waals surface area contributed by atoms with Crippen LogP contribution in [0.2, 0.25) is 0 Å². The molecule has 190 valence electrons. The molecule has 3 heterocycles. The molecular formula is C27H24N8O3. The molecule has 11 nitrogen and oxygen atoms in total. The Balaban J connectivity index is 1.74. The topological polar surface area (TPSA) is 147 Å². The summed E-state index contributed by atoms with van der Waals surface area (Å²) in [7, 11) is 1.78. The van der Waals surface area contributed by atoms with Gasteiger partial charge in [-0.2, -0.15) is 15.5 Å². The van der Waals surface area contributed by atoms with Gasteiger partial charge < -0.3 is 10.5 Å². The lowest BCUT2D eigenvalue weighted by molar-refractivity contribution is 0.206. The second-order valence-electron chi connectivity index (χ2n) is 9.70. The Labute approximate surface area is 217 Å². The summed E-state index contributed by atoms with van der Waals surface area (Å²) in [6.07, 6.45) is 4.13. The van der Waals surface area contributed by atoms with Crippen molar-refractivity contribution in [2.75, 3.05) is 0 Å². The largest absolute Gasteiger partial charge is 0.411 e. The van der Waals surface area contributed by atoms with Crippen molar-refractivity contribution in [3.63, 3.8) is 0 Å². The van der Waals surface area contributed by atoms with Gasteiger partial charge in [-0.05, 0) is 62.7 Å². The Hall–Kier alpha value is -5.24. The highest BCUT2D eigenvalue weighted by Crippen LogP contribution is 2.36. The van der Waals surface area contributed by atoms with Crippen LogP contribution in [-0.4, -0.2) is 35.4 Å². The zero-order chi connectivity index (χ0) is 27.2. The van der Waals surface area contributed by atoms with Crippen LogP contribution >= 0.6 is 0 Å². The molecule has 0 aliphatic carbocycles. The van der Waals surface area contributed by atoms with Crippen LogP contribution in [0.15, 0.2) is 65.8 Å². The number of fused-ring (bicyclic) bond motifs is 1. The second kappa shape index (κ2) is 9.01. The van der Waals surface area contributed by atoms with Crippen molar-refractivity contribution in [2.45, 2.75) is 26.3 Å². The number of rotatable bonds is 4. The minimum absolute atomic E-state index is 0.0762. The summed E-state index contributed by atoms with van der Waals surface area (Å²) in [6.45, 7) is 5.46. The molecule has 2 aromatic carbocycles. The van der Waals surface area contributed by atoms with Crippen LogP contribution in [0.25, 0.3) is 38.8 Å². The number of carbonyl (C=O) groups excluding carboxylic acids is 1. The molecule has 0 atom stereocenters. The van der Waals surface area contributed by atoms with E-state index in [-0.39, 0.29) is 11.4 Å². The first-order chi connectivity index (χ1) is 18.1. The van der Waals surface area contributed by atoms with Gasteiger partial charge in [-0.3, -0.25) is 9.48 Å². The first kappa shape index (κ1) is 24.5. The van der Waals surface area contributed by atoms with Gasteiger partial charge in [0.25, 0.3) is 5.56 Å². The van der Waals surface area contributed by atoms with Crippen molar-refractivity contribution in [1.82, 2.24) is 29.3 Å². The van der Waals surface area contributed by atoms with E-state index >= 15 is 0 Å². The van der Waals surface area contributed by atoms with E-state index in [4.69, 9.17) is 10.5 Å². The minimum atomic E-state index is -1.04. The molecule has 5 rings (SSSR count). The molecule has 0 saturated heterocycles. The van der Waals surface area contributed by atoms with Crippen molar-refractivity contribution >= 4 is 16.9 Å². The van der Waals surface area contributed by atoms with Gasteiger partial charge in [0.2, 0.25) is 5.88 Å². The number of amides is 1. The van der Waals surface area contributed by atoms with E-state index in [1.807, 2.05) is 45.2 Å². The minimum Gasteiger partial charge on any atom is -0.389 e. The predicted molar refractivity (Wildman–Crippen MR) is 141 cm³/mol. The molecule has 0 saturated carbocycles. The zero-order valence-electron chi connectivity index (χ0n) is 21.2. The third kappa shape index (κ3) is 4.18.